The van der Waals surface area contributed by atoms with Gasteiger partial charge in [0.15, 0.2) is 0 Å². The SMILES string of the molecule is CCC(C#N)C(Cc1cc2c(s1)CN(c1[c]cncn1)CC2)c1ccn(C)n1. The molecule has 6 nitrogen and oxygen atoms in total. The number of aryl methyl sites for hydroxylation is 1. The van der Waals surface area contributed by atoms with Crippen molar-refractivity contribution in [2.75, 3.05) is 11.4 Å². The smallest absolute Gasteiger partial charge is 0.140 e. The molecule has 28 heavy (non-hydrogen) atoms. The van der Waals surface area contributed by atoms with Gasteiger partial charge in [0.05, 0.1) is 24.2 Å². The Bertz CT molecular complexity index is 970. The summed E-state index contributed by atoms with van der Waals surface area (Å²) >= 11 is 1.86. The Hall–Kier alpha value is -2.72. The average Bonchev–Trinajstić information content (AvgIpc) is 3.33. The van der Waals surface area contributed by atoms with Crippen molar-refractivity contribution in [3.05, 3.63) is 57.9 Å². The van der Waals surface area contributed by atoms with E-state index in [0.29, 0.717) is 0 Å². The van der Waals surface area contributed by atoms with Gasteiger partial charge in [-0.2, -0.15) is 10.4 Å². The molecular formula is C21H23N6S. The zero-order valence-corrected chi connectivity index (χ0v) is 17.0. The number of nitrogens with zero attached hydrogens (tertiary/aromatic N) is 6. The second-order valence-corrected chi connectivity index (χ2v) is 8.41. The van der Waals surface area contributed by atoms with Crippen LogP contribution in [0, 0.1) is 23.3 Å². The molecule has 0 N–H and O–H groups in total. The van der Waals surface area contributed by atoms with Gasteiger partial charge in [-0.15, -0.1) is 11.3 Å². The molecular weight excluding hydrogens is 368 g/mol. The summed E-state index contributed by atoms with van der Waals surface area (Å²) in [5.74, 6) is 0.959. The van der Waals surface area contributed by atoms with E-state index in [9.17, 15) is 5.26 Å². The molecule has 2 unspecified atom stereocenters. The molecule has 1 radical (unpaired) electrons. The fourth-order valence-electron chi connectivity index (χ4n) is 3.86. The number of nitriles is 1. The molecule has 0 saturated carbocycles. The molecule has 0 aromatic carbocycles. The number of rotatable bonds is 6. The largest absolute Gasteiger partial charge is 0.351 e. The maximum atomic E-state index is 9.66. The maximum absolute atomic E-state index is 9.66. The maximum Gasteiger partial charge on any atom is 0.140 e. The first kappa shape index (κ1) is 18.6. The van der Waals surface area contributed by atoms with Crippen LogP contribution in [0.3, 0.4) is 0 Å². The molecule has 0 amide bonds. The predicted octanol–water partition coefficient (Wildman–Crippen LogP) is 3.51. The summed E-state index contributed by atoms with van der Waals surface area (Å²) in [5, 5.41) is 14.3. The minimum atomic E-state index is -0.0267. The van der Waals surface area contributed by atoms with Crippen LogP contribution in [0.1, 0.15) is 40.3 Å². The van der Waals surface area contributed by atoms with Gasteiger partial charge < -0.3 is 4.90 Å². The Morgan fingerprint density at radius 2 is 2.32 bits per heavy atom. The molecule has 4 rings (SSSR count). The number of fused-ring (bicyclic) bond motifs is 1. The number of anilines is 1. The molecule has 0 fully saturated rings. The lowest BCUT2D eigenvalue weighted by Crippen LogP contribution is -2.30. The van der Waals surface area contributed by atoms with E-state index in [1.165, 1.54) is 15.3 Å². The average molecular weight is 392 g/mol. The van der Waals surface area contributed by atoms with Gasteiger partial charge in [0, 0.05) is 47.7 Å². The monoisotopic (exact) mass is 391 g/mol. The van der Waals surface area contributed by atoms with Crippen molar-refractivity contribution in [2.45, 2.75) is 38.6 Å². The van der Waals surface area contributed by atoms with E-state index in [1.807, 2.05) is 35.3 Å². The van der Waals surface area contributed by atoms with Gasteiger partial charge in [-0.3, -0.25) is 4.68 Å². The Labute approximate surface area is 169 Å². The van der Waals surface area contributed by atoms with Crippen molar-refractivity contribution in [3.8, 4) is 6.07 Å². The topological polar surface area (TPSA) is 70.6 Å². The normalized spacial score (nSPS) is 15.7. The number of hydrogen-bond acceptors (Lipinski definition) is 6. The van der Waals surface area contributed by atoms with Crippen molar-refractivity contribution in [2.24, 2.45) is 13.0 Å². The second-order valence-electron chi connectivity index (χ2n) is 7.19. The van der Waals surface area contributed by atoms with Crippen LogP contribution in [0.2, 0.25) is 0 Å². The molecule has 2 atom stereocenters. The summed E-state index contributed by atoms with van der Waals surface area (Å²) < 4.78 is 1.82. The minimum absolute atomic E-state index is 0.0267. The van der Waals surface area contributed by atoms with Crippen molar-refractivity contribution >= 4 is 17.2 Å². The quantitative estimate of drug-likeness (QED) is 0.643. The summed E-state index contributed by atoms with van der Waals surface area (Å²) in [6.45, 7) is 3.88. The van der Waals surface area contributed by atoms with Gasteiger partial charge in [0.25, 0.3) is 0 Å². The van der Waals surface area contributed by atoms with Crippen molar-refractivity contribution in [1.29, 1.82) is 5.26 Å². The summed E-state index contributed by atoms with van der Waals surface area (Å²) in [4.78, 5) is 13.3. The van der Waals surface area contributed by atoms with E-state index in [4.69, 9.17) is 0 Å². The highest BCUT2D eigenvalue weighted by Crippen LogP contribution is 2.35. The van der Waals surface area contributed by atoms with Gasteiger partial charge in [-0.05, 0) is 37.0 Å². The highest BCUT2D eigenvalue weighted by molar-refractivity contribution is 7.12. The molecule has 3 aromatic heterocycles. The highest BCUT2D eigenvalue weighted by atomic mass is 32.1. The van der Waals surface area contributed by atoms with E-state index < -0.39 is 0 Å². The van der Waals surface area contributed by atoms with Gasteiger partial charge in [-0.1, -0.05) is 6.92 Å². The van der Waals surface area contributed by atoms with Gasteiger partial charge in [0.2, 0.25) is 0 Å². The van der Waals surface area contributed by atoms with E-state index in [2.05, 4.69) is 45.1 Å². The van der Waals surface area contributed by atoms with Crippen LogP contribution >= 0.6 is 11.3 Å². The van der Waals surface area contributed by atoms with Crippen LogP contribution in [0.25, 0.3) is 0 Å². The first-order valence-electron chi connectivity index (χ1n) is 9.60. The van der Waals surface area contributed by atoms with Crippen molar-refractivity contribution < 1.29 is 0 Å². The Kier molecular flexibility index (Phi) is 5.40. The van der Waals surface area contributed by atoms with Crippen molar-refractivity contribution in [3.63, 3.8) is 0 Å². The van der Waals surface area contributed by atoms with Gasteiger partial charge in [0.1, 0.15) is 12.1 Å². The third-order valence-electron chi connectivity index (χ3n) is 5.37. The summed E-state index contributed by atoms with van der Waals surface area (Å²) in [7, 11) is 1.93. The number of aromatic nitrogens is 4. The Balaban J connectivity index is 1.55. The molecule has 7 heteroatoms. The van der Waals surface area contributed by atoms with E-state index >= 15 is 0 Å². The van der Waals surface area contributed by atoms with E-state index in [1.54, 1.807) is 12.5 Å². The molecule has 1 aliphatic rings. The number of thiophene rings is 1. The van der Waals surface area contributed by atoms with Crippen LogP contribution in [0.4, 0.5) is 5.82 Å². The van der Waals surface area contributed by atoms with Crippen LogP contribution in [-0.4, -0.2) is 26.3 Å². The zero-order chi connectivity index (χ0) is 19.5. The van der Waals surface area contributed by atoms with Crippen LogP contribution < -0.4 is 4.90 Å². The fraction of sp³-hybridized carbons (Fsp3) is 0.429. The predicted molar refractivity (Wildman–Crippen MR) is 109 cm³/mol. The van der Waals surface area contributed by atoms with Crippen LogP contribution in [-0.2, 0) is 26.4 Å². The standard InChI is InChI=1S/C21H23N6S/c1-3-15(12-22)18(19-6-8-26(2)25-19)11-17-10-16-5-9-27(13-20(16)28-17)21-4-7-23-14-24-21/h6-8,10,14-15,18H,3,5,9,11,13H2,1-2H3. The summed E-state index contributed by atoms with van der Waals surface area (Å²) in [6, 6.07) is 10.0. The molecule has 0 spiro atoms. The molecule has 3 aromatic rings. The van der Waals surface area contributed by atoms with Crippen LogP contribution in [0.15, 0.2) is 30.9 Å². The number of hydrogen-bond donors (Lipinski definition) is 0. The zero-order valence-electron chi connectivity index (χ0n) is 16.2. The first-order valence-corrected chi connectivity index (χ1v) is 10.4. The van der Waals surface area contributed by atoms with Gasteiger partial charge in [-0.25, -0.2) is 9.97 Å². The van der Waals surface area contributed by atoms with Gasteiger partial charge >= 0.3 is 0 Å². The first-order chi connectivity index (χ1) is 13.7. The Morgan fingerprint density at radius 1 is 1.43 bits per heavy atom. The molecule has 0 saturated heterocycles. The second kappa shape index (κ2) is 8.11. The minimum Gasteiger partial charge on any atom is -0.351 e. The van der Waals surface area contributed by atoms with Crippen molar-refractivity contribution in [1.82, 2.24) is 19.7 Å². The lowest BCUT2D eigenvalue weighted by molar-refractivity contribution is 0.486. The lowest BCUT2D eigenvalue weighted by Gasteiger charge is -2.27. The summed E-state index contributed by atoms with van der Waals surface area (Å²) in [5.41, 5.74) is 2.44. The van der Waals surface area contributed by atoms with Crippen LogP contribution in [0.5, 0.6) is 0 Å². The molecule has 1 aliphatic heterocycles. The van der Waals surface area contributed by atoms with E-state index in [-0.39, 0.29) is 11.8 Å². The molecule has 0 bridgehead atoms. The fourth-order valence-corrected chi connectivity index (χ4v) is 5.15. The molecule has 0 aliphatic carbocycles. The lowest BCUT2D eigenvalue weighted by atomic mass is 9.85. The highest BCUT2D eigenvalue weighted by Gasteiger charge is 2.27. The van der Waals surface area contributed by atoms with E-state index in [0.717, 1.165) is 43.9 Å². The Morgan fingerprint density at radius 3 is 3.00 bits per heavy atom. The summed E-state index contributed by atoms with van der Waals surface area (Å²) in [6.07, 6.45) is 7.91. The third kappa shape index (κ3) is 3.78. The molecule has 4 heterocycles. The molecule has 143 valence electrons. The third-order valence-corrected chi connectivity index (χ3v) is 6.56.